The summed E-state index contributed by atoms with van der Waals surface area (Å²) in [6.45, 7) is 1.78. The van der Waals surface area contributed by atoms with Crippen LogP contribution in [0.3, 0.4) is 0 Å². The molecule has 1 aliphatic carbocycles. The fourth-order valence-electron chi connectivity index (χ4n) is 5.24. The number of hydrogen-bond donors (Lipinski definition) is 1. The van der Waals surface area contributed by atoms with Crippen molar-refractivity contribution in [2.24, 2.45) is 0 Å². The number of nitrogens with one attached hydrogen (secondary N) is 1. The zero-order valence-corrected chi connectivity index (χ0v) is 26.7. The molecule has 1 N–H and O–H groups in total. The summed E-state index contributed by atoms with van der Waals surface area (Å²) in [7, 11) is -3.88. The molecule has 3 aromatic rings. The van der Waals surface area contributed by atoms with Gasteiger partial charge in [-0.15, -0.1) is 0 Å². The van der Waals surface area contributed by atoms with Crippen LogP contribution in [0.5, 0.6) is 5.75 Å². The highest BCUT2D eigenvalue weighted by molar-refractivity contribution is 7.92. The Bertz CT molecular complexity index is 1500. The van der Waals surface area contributed by atoms with Gasteiger partial charge in [0.25, 0.3) is 0 Å². The molecule has 1 aliphatic rings. The average molecular weight is 647 g/mol. The van der Waals surface area contributed by atoms with E-state index in [1.165, 1.54) is 4.90 Å². The average Bonchev–Trinajstić information content (AvgIpc) is 3.48. The fourth-order valence-corrected chi connectivity index (χ4v) is 6.56. The van der Waals surface area contributed by atoms with Gasteiger partial charge in [0.15, 0.2) is 0 Å². The molecule has 0 aromatic heterocycles. The van der Waals surface area contributed by atoms with E-state index in [0.29, 0.717) is 33.7 Å². The Hall–Kier alpha value is -3.27. The van der Waals surface area contributed by atoms with Crippen LogP contribution >= 0.6 is 23.2 Å². The minimum Gasteiger partial charge on any atom is -0.494 e. The molecule has 230 valence electrons. The molecule has 1 fully saturated rings. The van der Waals surface area contributed by atoms with Crippen LogP contribution in [0.4, 0.5) is 5.69 Å². The van der Waals surface area contributed by atoms with Crippen LogP contribution in [0.15, 0.2) is 72.8 Å². The minimum atomic E-state index is -3.88. The first-order valence-corrected chi connectivity index (χ1v) is 16.9. The van der Waals surface area contributed by atoms with Gasteiger partial charge in [-0.05, 0) is 67.3 Å². The maximum Gasteiger partial charge on any atom is 0.244 e. The molecule has 8 nitrogen and oxygen atoms in total. The van der Waals surface area contributed by atoms with Gasteiger partial charge in [0.2, 0.25) is 21.8 Å². The summed E-state index contributed by atoms with van der Waals surface area (Å²) in [6.07, 6.45) is 5.09. The van der Waals surface area contributed by atoms with Gasteiger partial charge in [0, 0.05) is 29.1 Å². The second-order valence-corrected chi connectivity index (χ2v) is 13.4. The topological polar surface area (TPSA) is 96.0 Å². The highest BCUT2D eigenvalue weighted by atomic mass is 35.5. The monoisotopic (exact) mass is 645 g/mol. The number of nitrogens with zero attached hydrogens (tertiary/aromatic N) is 2. The summed E-state index contributed by atoms with van der Waals surface area (Å²) in [6, 6.07) is 20.0. The summed E-state index contributed by atoms with van der Waals surface area (Å²) in [4.78, 5) is 29.6. The zero-order chi connectivity index (χ0) is 31.0. The number of hydrogen-bond acceptors (Lipinski definition) is 5. The number of carbonyl (C=O) groups is 2. The van der Waals surface area contributed by atoms with Crippen molar-refractivity contribution in [2.75, 3.05) is 23.7 Å². The predicted molar refractivity (Wildman–Crippen MR) is 171 cm³/mol. The number of sulfonamides is 1. The molecular weight excluding hydrogens is 609 g/mol. The summed E-state index contributed by atoms with van der Waals surface area (Å²) in [5, 5.41) is 3.92. The van der Waals surface area contributed by atoms with E-state index in [2.05, 4.69) is 5.32 Å². The molecule has 0 bridgehead atoms. The van der Waals surface area contributed by atoms with Gasteiger partial charge >= 0.3 is 0 Å². The van der Waals surface area contributed by atoms with Crippen molar-refractivity contribution in [3.8, 4) is 5.75 Å². The van der Waals surface area contributed by atoms with Gasteiger partial charge in [-0.1, -0.05) is 72.4 Å². The molecule has 0 unspecified atom stereocenters. The van der Waals surface area contributed by atoms with Crippen molar-refractivity contribution < 1.29 is 22.7 Å². The van der Waals surface area contributed by atoms with Crippen molar-refractivity contribution in [1.82, 2.24) is 10.2 Å². The van der Waals surface area contributed by atoms with Gasteiger partial charge in [-0.3, -0.25) is 13.9 Å². The largest absolute Gasteiger partial charge is 0.494 e. The summed E-state index contributed by atoms with van der Waals surface area (Å²) in [5.41, 5.74) is 1.75. The molecule has 0 aliphatic heterocycles. The highest BCUT2D eigenvalue weighted by Gasteiger charge is 2.34. The van der Waals surface area contributed by atoms with Gasteiger partial charge < -0.3 is 15.0 Å². The van der Waals surface area contributed by atoms with Gasteiger partial charge in [0.1, 0.15) is 18.3 Å². The first kappa shape index (κ1) is 32.6. The summed E-state index contributed by atoms with van der Waals surface area (Å²) in [5.74, 6) is -0.259. The Labute approximate surface area is 264 Å². The van der Waals surface area contributed by atoms with E-state index in [-0.39, 0.29) is 24.9 Å². The van der Waals surface area contributed by atoms with Crippen molar-refractivity contribution in [3.05, 3.63) is 94.0 Å². The first-order chi connectivity index (χ1) is 20.5. The predicted octanol–water partition coefficient (Wildman–Crippen LogP) is 5.86. The molecule has 1 atom stereocenters. The number of rotatable bonds is 13. The van der Waals surface area contributed by atoms with Crippen LogP contribution in [-0.4, -0.2) is 56.6 Å². The highest BCUT2D eigenvalue weighted by Crippen LogP contribution is 2.27. The fraction of sp³-hybridized carbons (Fsp3) is 0.375. The molecule has 1 saturated carbocycles. The van der Waals surface area contributed by atoms with Crippen LogP contribution in [0, 0.1) is 0 Å². The lowest BCUT2D eigenvalue weighted by Gasteiger charge is -2.34. The third kappa shape index (κ3) is 9.11. The summed E-state index contributed by atoms with van der Waals surface area (Å²) < 4.78 is 32.5. The lowest BCUT2D eigenvalue weighted by atomic mass is 10.0. The number of carbonyl (C=O) groups excluding carboxylic acids is 2. The Morgan fingerprint density at radius 3 is 2.28 bits per heavy atom. The van der Waals surface area contributed by atoms with E-state index in [4.69, 9.17) is 27.9 Å². The van der Waals surface area contributed by atoms with E-state index >= 15 is 0 Å². The van der Waals surface area contributed by atoms with Crippen molar-refractivity contribution in [2.45, 2.75) is 57.7 Å². The molecule has 2 amide bonds. The Morgan fingerprint density at radius 1 is 1.00 bits per heavy atom. The second kappa shape index (κ2) is 14.9. The quantitative estimate of drug-likeness (QED) is 0.251. The third-order valence-electron chi connectivity index (χ3n) is 7.44. The smallest absolute Gasteiger partial charge is 0.244 e. The lowest BCUT2D eigenvalue weighted by molar-refractivity contribution is -0.140. The third-order valence-corrected chi connectivity index (χ3v) is 9.17. The van der Waals surface area contributed by atoms with Crippen LogP contribution < -0.4 is 14.4 Å². The minimum absolute atomic E-state index is 0.0225. The molecule has 11 heteroatoms. The maximum absolute atomic E-state index is 14.2. The van der Waals surface area contributed by atoms with E-state index < -0.39 is 28.5 Å². The molecule has 0 spiro atoms. The first-order valence-electron chi connectivity index (χ1n) is 14.3. The maximum atomic E-state index is 14.2. The molecule has 43 heavy (non-hydrogen) atoms. The zero-order valence-electron chi connectivity index (χ0n) is 24.3. The number of ether oxygens (including phenoxy) is 1. The number of benzene rings is 3. The van der Waals surface area contributed by atoms with Crippen molar-refractivity contribution in [1.29, 1.82) is 0 Å². The normalized spacial score (nSPS) is 14.2. The van der Waals surface area contributed by atoms with Crippen LogP contribution in [0.1, 0.15) is 43.7 Å². The van der Waals surface area contributed by atoms with E-state index in [0.717, 1.165) is 41.8 Å². The Balaban J connectivity index is 1.72. The van der Waals surface area contributed by atoms with E-state index in [1.807, 2.05) is 37.3 Å². The number of anilines is 1. The Kier molecular flexibility index (Phi) is 11.3. The van der Waals surface area contributed by atoms with Crippen molar-refractivity contribution >= 4 is 50.7 Å². The molecular formula is C32H37Cl2N3O5S. The lowest BCUT2D eigenvalue weighted by Crippen LogP contribution is -2.54. The van der Waals surface area contributed by atoms with E-state index in [1.54, 1.807) is 42.5 Å². The summed E-state index contributed by atoms with van der Waals surface area (Å²) >= 11 is 12.7. The standard InChI is InChI=1S/C32H37Cl2N3O5S/c1-3-42-28-17-15-27(16-18-28)37(43(2,40)41)22-31(38)36(21-24-13-14-25(33)20-29(24)34)30(19-23-9-5-4-6-10-23)32(39)35-26-11-7-8-12-26/h4-6,9-10,13-18,20,26,30H,3,7-8,11-12,19,21-22H2,1-2H3,(H,35,39)/t30-/m1/s1. The number of halogens is 2. The Morgan fingerprint density at radius 2 is 1.67 bits per heavy atom. The SMILES string of the molecule is CCOc1ccc(N(CC(=O)N(Cc2ccc(Cl)cc2Cl)[C@H](Cc2ccccc2)C(=O)NC2CCCC2)S(C)(=O)=O)cc1. The molecule has 0 heterocycles. The molecule has 3 aromatic carbocycles. The van der Waals surface area contributed by atoms with Crippen molar-refractivity contribution in [3.63, 3.8) is 0 Å². The van der Waals surface area contributed by atoms with Gasteiger partial charge in [-0.25, -0.2) is 8.42 Å². The van der Waals surface area contributed by atoms with Crippen LogP contribution in [-0.2, 0) is 32.6 Å². The molecule has 0 saturated heterocycles. The van der Waals surface area contributed by atoms with Gasteiger partial charge in [-0.2, -0.15) is 0 Å². The van der Waals surface area contributed by atoms with Crippen LogP contribution in [0.25, 0.3) is 0 Å². The van der Waals surface area contributed by atoms with Crippen LogP contribution in [0.2, 0.25) is 10.0 Å². The molecule has 4 rings (SSSR count). The second-order valence-electron chi connectivity index (χ2n) is 10.6. The van der Waals surface area contributed by atoms with E-state index in [9.17, 15) is 18.0 Å². The number of amides is 2. The molecule has 0 radical (unpaired) electrons. The van der Waals surface area contributed by atoms with Gasteiger partial charge in [0.05, 0.1) is 18.6 Å².